The topological polar surface area (TPSA) is 53.0 Å². The second kappa shape index (κ2) is 9.22. The smallest absolute Gasteiger partial charge is 0.253 e. The molecule has 0 radical (unpaired) electrons. The lowest BCUT2D eigenvalue weighted by molar-refractivity contribution is 0.0395. The molecule has 2 aromatic carbocycles. The summed E-state index contributed by atoms with van der Waals surface area (Å²) < 4.78 is 5.35. The highest BCUT2D eigenvalue weighted by Gasteiger charge is 2.29. The van der Waals surface area contributed by atoms with E-state index in [-0.39, 0.29) is 18.6 Å². The average Bonchev–Trinajstić information content (AvgIpc) is 2.70. The monoisotopic (exact) mass is 382 g/mol. The molecule has 0 bridgehead atoms. The molecule has 1 amide bonds. The number of benzene rings is 2. The van der Waals surface area contributed by atoms with Crippen LogP contribution in [0.3, 0.4) is 0 Å². The van der Waals surface area contributed by atoms with Crippen molar-refractivity contribution in [3.63, 3.8) is 0 Å². The van der Waals surface area contributed by atoms with Crippen molar-refractivity contribution in [2.75, 3.05) is 33.4 Å². The lowest BCUT2D eigenvalue weighted by Gasteiger charge is -2.41. The summed E-state index contributed by atoms with van der Waals surface area (Å²) in [6.45, 7) is 7.13. The molecular weight excluding hydrogens is 352 g/mol. The van der Waals surface area contributed by atoms with E-state index < -0.39 is 0 Å². The minimum absolute atomic E-state index is 0.0721. The van der Waals surface area contributed by atoms with Crippen LogP contribution in [0.2, 0.25) is 0 Å². The van der Waals surface area contributed by atoms with Gasteiger partial charge in [-0.25, -0.2) is 0 Å². The molecule has 1 saturated heterocycles. The summed E-state index contributed by atoms with van der Waals surface area (Å²) in [6, 6.07) is 14.1. The van der Waals surface area contributed by atoms with E-state index in [0.717, 1.165) is 35.5 Å². The quantitative estimate of drug-likeness (QED) is 0.834. The third-order valence-electron chi connectivity index (χ3n) is 5.50. The Kier molecular flexibility index (Phi) is 6.70. The molecule has 28 heavy (non-hydrogen) atoms. The van der Waals surface area contributed by atoms with Gasteiger partial charge >= 0.3 is 0 Å². The molecule has 3 rings (SSSR count). The van der Waals surface area contributed by atoms with Gasteiger partial charge in [-0.15, -0.1) is 0 Å². The highest BCUT2D eigenvalue weighted by atomic mass is 16.5. The largest absolute Gasteiger partial charge is 0.496 e. The number of hydrogen-bond acceptors (Lipinski definition) is 4. The van der Waals surface area contributed by atoms with Crippen LogP contribution >= 0.6 is 0 Å². The number of amides is 1. The highest BCUT2D eigenvalue weighted by Crippen LogP contribution is 2.22. The fourth-order valence-electron chi connectivity index (χ4n) is 3.86. The first-order chi connectivity index (χ1) is 13.5. The molecule has 0 spiro atoms. The zero-order valence-corrected chi connectivity index (χ0v) is 17.0. The van der Waals surface area contributed by atoms with Gasteiger partial charge in [0.25, 0.3) is 5.91 Å². The Labute approximate surface area is 167 Å². The Morgan fingerprint density at radius 2 is 1.89 bits per heavy atom. The van der Waals surface area contributed by atoms with Crippen LogP contribution in [0.15, 0.2) is 42.5 Å². The van der Waals surface area contributed by atoms with Gasteiger partial charge in [0, 0.05) is 44.4 Å². The maximum absolute atomic E-state index is 12.9. The molecule has 0 unspecified atom stereocenters. The van der Waals surface area contributed by atoms with E-state index in [2.05, 4.69) is 17.0 Å². The third kappa shape index (κ3) is 4.72. The van der Waals surface area contributed by atoms with Gasteiger partial charge in [0.05, 0.1) is 7.11 Å². The van der Waals surface area contributed by atoms with Crippen molar-refractivity contribution in [1.82, 2.24) is 9.80 Å². The van der Waals surface area contributed by atoms with E-state index in [4.69, 9.17) is 4.74 Å². The van der Waals surface area contributed by atoms with E-state index in [1.807, 2.05) is 49.1 Å². The average molecular weight is 383 g/mol. The minimum atomic E-state index is 0.0721. The summed E-state index contributed by atoms with van der Waals surface area (Å²) in [5.74, 6) is 0.965. The molecule has 1 fully saturated rings. The second-order valence-corrected chi connectivity index (χ2v) is 7.56. The number of carbonyl (C=O) groups is 1. The summed E-state index contributed by atoms with van der Waals surface area (Å²) in [5, 5.41) is 9.54. The first kappa shape index (κ1) is 20.4. The lowest BCUT2D eigenvalue weighted by Crippen LogP contribution is -2.54. The van der Waals surface area contributed by atoms with E-state index in [1.54, 1.807) is 7.11 Å². The predicted octanol–water partition coefficient (Wildman–Crippen LogP) is 3.02. The van der Waals surface area contributed by atoms with Gasteiger partial charge in [0.2, 0.25) is 0 Å². The van der Waals surface area contributed by atoms with Gasteiger partial charge in [0.15, 0.2) is 0 Å². The van der Waals surface area contributed by atoms with Crippen molar-refractivity contribution in [2.24, 2.45) is 0 Å². The van der Waals surface area contributed by atoms with Gasteiger partial charge in [-0.05, 0) is 49.6 Å². The first-order valence-electron chi connectivity index (χ1n) is 9.86. The highest BCUT2D eigenvalue weighted by molar-refractivity contribution is 5.94. The van der Waals surface area contributed by atoms with Crippen LogP contribution in [-0.2, 0) is 6.54 Å². The number of methoxy groups -OCH3 is 1. The molecule has 1 aliphatic heterocycles. The summed E-state index contributed by atoms with van der Waals surface area (Å²) in [7, 11) is 1.68. The molecule has 0 aliphatic carbocycles. The number of aliphatic hydroxyl groups is 1. The molecule has 150 valence electrons. The number of piperazine rings is 1. The van der Waals surface area contributed by atoms with Crippen molar-refractivity contribution in [3.05, 3.63) is 64.7 Å². The molecular formula is C23H30N2O3. The maximum atomic E-state index is 12.9. The van der Waals surface area contributed by atoms with Gasteiger partial charge in [0.1, 0.15) is 5.75 Å². The van der Waals surface area contributed by atoms with Crippen LogP contribution in [-0.4, -0.2) is 60.2 Å². The van der Waals surface area contributed by atoms with Gasteiger partial charge < -0.3 is 14.7 Å². The predicted molar refractivity (Wildman–Crippen MR) is 111 cm³/mol. The zero-order valence-electron chi connectivity index (χ0n) is 17.0. The van der Waals surface area contributed by atoms with Crippen molar-refractivity contribution in [3.8, 4) is 5.75 Å². The normalized spacial score (nSPS) is 17.6. The molecule has 2 aromatic rings. The molecule has 0 saturated carbocycles. The maximum Gasteiger partial charge on any atom is 0.253 e. The van der Waals surface area contributed by atoms with Gasteiger partial charge in [-0.3, -0.25) is 9.69 Å². The first-order valence-corrected chi connectivity index (χ1v) is 9.86. The van der Waals surface area contributed by atoms with E-state index in [9.17, 15) is 9.90 Å². The SMILES string of the molecule is COc1ccc(CN2CCN(C(=O)c3ccc(C)cc3)C[C@H]2CCO)cc1C. The fraction of sp³-hybridized carbons (Fsp3) is 0.435. The van der Waals surface area contributed by atoms with Crippen molar-refractivity contribution in [1.29, 1.82) is 0 Å². The second-order valence-electron chi connectivity index (χ2n) is 7.56. The summed E-state index contributed by atoms with van der Waals surface area (Å²) in [4.78, 5) is 17.2. The number of nitrogens with zero attached hydrogens (tertiary/aromatic N) is 2. The van der Waals surface area contributed by atoms with E-state index >= 15 is 0 Å². The number of ether oxygens (including phenoxy) is 1. The minimum Gasteiger partial charge on any atom is -0.496 e. The fourth-order valence-corrected chi connectivity index (χ4v) is 3.86. The molecule has 1 heterocycles. The Bertz CT molecular complexity index is 804. The Balaban J connectivity index is 1.69. The molecule has 1 atom stereocenters. The van der Waals surface area contributed by atoms with Crippen molar-refractivity contribution < 1.29 is 14.6 Å². The number of rotatable bonds is 6. The number of carbonyl (C=O) groups excluding carboxylic acids is 1. The van der Waals surface area contributed by atoms with Crippen LogP contribution in [0.5, 0.6) is 5.75 Å². The van der Waals surface area contributed by atoms with Crippen LogP contribution in [0, 0.1) is 13.8 Å². The van der Waals surface area contributed by atoms with Gasteiger partial charge in [-0.2, -0.15) is 0 Å². The number of aliphatic hydroxyl groups excluding tert-OH is 1. The Morgan fingerprint density at radius 3 is 2.54 bits per heavy atom. The van der Waals surface area contributed by atoms with Crippen LogP contribution in [0.1, 0.15) is 33.5 Å². The van der Waals surface area contributed by atoms with Crippen molar-refractivity contribution >= 4 is 5.91 Å². The Hall–Kier alpha value is -2.37. The van der Waals surface area contributed by atoms with Crippen LogP contribution < -0.4 is 4.74 Å². The lowest BCUT2D eigenvalue weighted by atomic mass is 10.0. The third-order valence-corrected chi connectivity index (χ3v) is 5.50. The molecule has 5 heteroatoms. The zero-order chi connectivity index (χ0) is 20.1. The van der Waals surface area contributed by atoms with E-state index in [0.29, 0.717) is 19.5 Å². The Morgan fingerprint density at radius 1 is 1.14 bits per heavy atom. The standard InChI is InChI=1S/C23H30N2O3/c1-17-4-7-20(8-5-17)23(27)25-12-11-24(21(16-25)10-13-26)15-19-6-9-22(28-3)18(2)14-19/h4-9,14,21,26H,10-13,15-16H2,1-3H3/t21-/m1/s1. The molecule has 5 nitrogen and oxygen atoms in total. The molecule has 0 aromatic heterocycles. The van der Waals surface area contributed by atoms with Gasteiger partial charge in [-0.1, -0.05) is 29.8 Å². The summed E-state index contributed by atoms with van der Waals surface area (Å²) in [5.41, 5.74) is 4.22. The molecule has 1 N–H and O–H groups in total. The van der Waals surface area contributed by atoms with Crippen molar-refractivity contribution in [2.45, 2.75) is 32.9 Å². The summed E-state index contributed by atoms with van der Waals surface area (Å²) >= 11 is 0. The molecule has 1 aliphatic rings. The van der Waals surface area contributed by atoms with Crippen LogP contribution in [0.25, 0.3) is 0 Å². The number of aryl methyl sites for hydroxylation is 2. The number of hydrogen-bond donors (Lipinski definition) is 1. The summed E-state index contributed by atoms with van der Waals surface area (Å²) in [6.07, 6.45) is 0.660. The van der Waals surface area contributed by atoms with E-state index in [1.165, 1.54) is 5.56 Å². The van der Waals surface area contributed by atoms with Crippen LogP contribution in [0.4, 0.5) is 0 Å².